The van der Waals surface area contributed by atoms with Crippen LogP contribution in [0.2, 0.25) is 5.02 Å². The fourth-order valence-electron chi connectivity index (χ4n) is 2.41. The van der Waals surface area contributed by atoms with Crippen LogP contribution in [0.3, 0.4) is 0 Å². The average molecular weight is 411 g/mol. The van der Waals surface area contributed by atoms with Gasteiger partial charge in [0.2, 0.25) is 0 Å². The molecule has 2 aromatic carbocycles. The van der Waals surface area contributed by atoms with Gasteiger partial charge in [-0.05, 0) is 29.3 Å². The Morgan fingerprint density at radius 3 is 2.71 bits per heavy atom. The summed E-state index contributed by atoms with van der Waals surface area (Å²) in [5.74, 6) is -0.863. The number of carbonyl (C=O) groups excluding carboxylic acids is 1. The Morgan fingerprint density at radius 2 is 1.96 bits per heavy atom. The van der Waals surface area contributed by atoms with E-state index in [1.165, 1.54) is 29.1 Å². The molecule has 0 aliphatic heterocycles. The second kappa shape index (κ2) is 8.30. The van der Waals surface area contributed by atoms with E-state index in [2.05, 4.69) is 20.4 Å². The topological polar surface area (TPSA) is 69.0 Å². The lowest BCUT2D eigenvalue weighted by Crippen LogP contribution is -2.23. The maximum atomic E-state index is 12.3. The summed E-state index contributed by atoms with van der Waals surface area (Å²) < 4.78 is 42.1. The van der Waals surface area contributed by atoms with E-state index in [1.807, 2.05) is 12.1 Å². The van der Waals surface area contributed by atoms with Gasteiger partial charge in [0.05, 0.1) is 12.7 Å². The number of amides is 1. The van der Waals surface area contributed by atoms with E-state index in [-0.39, 0.29) is 18.0 Å². The van der Waals surface area contributed by atoms with E-state index in [0.29, 0.717) is 17.1 Å². The molecule has 1 heterocycles. The van der Waals surface area contributed by atoms with Crippen molar-refractivity contribution < 1.29 is 22.7 Å². The van der Waals surface area contributed by atoms with Crippen molar-refractivity contribution in [1.29, 1.82) is 0 Å². The van der Waals surface area contributed by atoms with Gasteiger partial charge in [-0.2, -0.15) is 0 Å². The van der Waals surface area contributed by atoms with Crippen LogP contribution in [0.15, 0.2) is 54.7 Å². The molecule has 0 aliphatic carbocycles. The fraction of sp³-hybridized carbons (Fsp3) is 0.167. The molecule has 0 bridgehead atoms. The fourth-order valence-corrected chi connectivity index (χ4v) is 2.60. The lowest BCUT2D eigenvalue weighted by molar-refractivity contribution is -0.274. The lowest BCUT2D eigenvalue weighted by Gasteiger charge is -2.10. The number of hydrogen-bond acceptors (Lipinski definition) is 4. The molecule has 3 rings (SSSR count). The minimum Gasteiger partial charge on any atom is -0.406 e. The van der Waals surface area contributed by atoms with E-state index in [4.69, 9.17) is 11.6 Å². The summed E-state index contributed by atoms with van der Waals surface area (Å²) in [4.78, 5) is 12.2. The molecular formula is C18H14ClF3N4O2. The molecule has 28 heavy (non-hydrogen) atoms. The van der Waals surface area contributed by atoms with Crippen molar-refractivity contribution >= 4 is 17.5 Å². The van der Waals surface area contributed by atoms with E-state index < -0.39 is 12.3 Å². The molecule has 146 valence electrons. The van der Waals surface area contributed by atoms with Gasteiger partial charge < -0.3 is 10.1 Å². The molecular weight excluding hydrogens is 397 g/mol. The van der Waals surface area contributed by atoms with Crippen LogP contribution < -0.4 is 10.1 Å². The standard InChI is InChI=1S/C18H14ClF3N4O2/c19-15-7-2-1-5-13(15)10-26-11-16(24-25-26)17(27)23-9-12-4-3-6-14(8-12)28-18(20,21)22/h1-8,11H,9-10H2,(H,23,27). The molecule has 0 saturated carbocycles. The van der Waals surface area contributed by atoms with Crippen LogP contribution in [-0.2, 0) is 13.1 Å². The summed E-state index contributed by atoms with van der Waals surface area (Å²) in [7, 11) is 0. The molecule has 6 nitrogen and oxygen atoms in total. The number of nitrogens with zero attached hydrogens (tertiary/aromatic N) is 3. The van der Waals surface area contributed by atoms with Gasteiger partial charge in [-0.1, -0.05) is 47.1 Å². The minimum atomic E-state index is -4.78. The Morgan fingerprint density at radius 1 is 1.18 bits per heavy atom. The van der Waals surface area contributed by atoms with Crippen LogP contribution in [0.5, 0.6) is 5.75 Å². The summed E-state index contributed by atoms with van der Waals surface area (Å²) in [6.07, 6.45) is -3.32. The predicted octanol–water partition coefficient (Wildman–Crippen LogP) is 3.81. The van der Waals surface area contributed by atoms with E-state index >= 15 is 0 Å². The van der Waals surface area contributed by atoms with Crippen molar-refractivity contribution in [3.63, 3.8) is 0 Å². The maximum Gasteiger partial charge on any atom is 0.573 e. The first-order chi connectivity index (χ1) is 13.3. The number of halogens is 4. The molecule has 3 aromatic rings. The molecule has 0 unspecified atom stereocenters. The molecule has 10 heteroatoms. The smallest absolute Gasteiger partial charge is 0.406 e. The first-order valence-electron chi connectivity index (χ1n) is 8.06. The predicted molar refractivity (Wildman–Crippen MR) is 94.9 cm³/mol. The Labute approximate surface area is 162 Å². The molecule has 0 radical (unpaired) electrons. The Balaban J connectivity index is 1.59. The highest BCUT2D eigenvalue weighted by Crippen LogP contribution is 2.23. The van der Waals surface area contributed by atoms with Gasteiger partial charge >= 0.3 is 6.36 Å². The highest BCUT2D eigenvalue weighted by molar-refractivity contribution is 6.31. The van der Waals surface area contributed by atoms with E-state index in [9.17, 15) is 18.0 Å². The summed E-state index contributed by atoms with van der Waals surface area (Å²) in [6.45, 7) is 0.349. The Hall–Kier alpha value is -3.07. The third kappa shape index (κ3) is 5.46. The monoisotopic (exact) mass is 410 g/mol. The van der Waals surface area contributed by atoms with Gasteiger partial charge in [0, 0.05) is 11.6 Å². The molecule has 0 aliphatic rings. The normalized spacial score (nSPS) is 11.3. The number of aromatic nitrogens is 3. The minimum absolute atomic E-state index is 0.00522. The molecule has 0 spiro atoms. The number of carbonyl (C=O) groups is 1. The summed E-state index contributed by atoms with van der Waals surface area (Å²) in [5.41, 5.74) is 1.34. The third-order valence-electron chi connectivity index (χ3n) is 3.65. The van der Waals surface area contributed by atoms with Crippen LogP contribution >= 0.6 is 11.6 Å². The van der Waals surface area contributed by atoms with Crippen molar-refractivity contribution in [2.45, 2.75) is 19.5 Å². The average Bonchev–Trinajstić information content (AvgIpc) is 3.09. The Kier molecular flexibility index (Phi) is 5.84. The van der Waals surface area contributed by atoms with Gasteiger partial charge in [0.15, 0.2) is 5.69 Å². The molecule has 0 saturated heterocycles. The number of rotatable bonds is 6. The third-order valence-corrected chi connectivity index (χ3v) is 4.02. The van der Waals surface area contributed by atoms with Crippen molar-refractivity contribution in [1.82, 2.24) is 20.3 Å². The van der Waals surface area contributed by atoms with Gasteiger partial charge in [-0.15, -0.1) is 18.3 Å². The first kappa shape index (κ1) is 19.7. The highest BCUT2D eigenvalue weighted by Gasteiger charge is 2.31. The van der Waals surface area contributed by atoms with Crippen LogP contribution in [0.25, 0.3) is 0 Å². The molecule has 0 fully saturated rings. The zero-order valence-corrected chi connectivity index (χ0v) is 15.0. The molecule has 1 aromatic heterocycles. The zero-order chi connectivity index (χ0) is 20.1. The van der Waals surface area contributed by atoms with Gasteiger partial charge in [0.25, 0.3) is 5.91 Å². The molecule has 0 atom stereocenters. The van der Waals surface area contributed by atoms with Crippen LogP contribution in [0.4, 0.5) is 13.2 Å². The van der Waals surface area contributed by atoms with Crippen molar-refractivity contribution in [3.05, 3.63) is 76.6 Å². The molecule has 1 amide bonds. The van der Waals surface area contributed by atoms with Crippen LogP contribution in [0.1, 0.15) is 21.6 Å². The SMILES string of the molecule is O=C(NCc1cccc(OC(F)(F)F)c1)c1cn(Cc2ccccc2Cl)nn1. The van der Waals surface area contributed by atoms with Crippen molar-refractivity contribution in [2.24, 2.45) is 0 Å². The number of nitrogens with one attached hydrogen (secondary N) is 1. The van der Waals surface area contributed by atoms with Crippen molar-refractivity contribution in [2.75, 3.05) is 0 Å². The second-order valence-electron chi connectivity index (χ2n) is 5.77. The van der Waals surface area contributed by atoms with Crippen LogP contribution in [-0.4, -0.2) is 27.3 Å². The summed E-state index contributed by atoms with van der Waals surface area (Å²) in [6, 6.07) is 12.6. The Bertz CT molecular complexity index is 975. The number of hydrogen-bond donors (Lipinski definition) is 1. The van der Waals surface area contributed by atoms with Crippen LogP contribution in [0, 0.1) is 0 Å². The largest absolute Gasteiger partial charge is 0.573 e. The summed E-state index contributed by atoms with van der Waals surface area (Å²) in [5, 5.41) is 10.8. The molecule has 1 N–H and O–H groups in total. The van der Waals surface area contributed by atoms with Gasteiger partial charge in [-0.3, -0.25) is 4.79 Å². The van der Waals surface area contributed by atoms with Crippen molar-refractivity contribution in [3.8, 4) is 5.75 Å². The number of ether oxygens (including phenoxy) is 1. The maximum absolute atomic E-state index is 12.3. The number of benzene rings is 2. The first-order valence-corrected chi connectivity index (χ1v) is 8.44. The van der Waals surface area contributed by atoms with Gasteiger partial charge in [0.1, 0.15) is 5.75 Å². The van der Waals surface area contributed by atoms with Gasteiger partial charge in [-0.25, -0.2) is 4.68 Å². The summed E-state index contributed by atoms with van der Waals surface area (Å²) >= 11 is 6.09. The quantitative estimate of drug-likeness (QED) is 0.671. The van der Waals surface area contributed by atoms with E-state index in [0.717, 1.165) is 5.56 Å². The van der Waals surface area contributed by atoms with E-state index in [1.54, 1.807) is 18.2 Å². The number of alkyl halides is 3. The second-order valence-corrected chi connectivity index (χ2v) is 6.18. The lowest BCUT2D eigenvalue weighted by atomic mass is 10.2. The highest BCUT2D eigenvalue weighted by atomic mass is 35.5. The zero-order valence-electron chi connectivity index (χ0n) is 14.3.